The van der Waals surface area contributed by atoms with Gasteiger partial charge in [-0.2, -0.15) is 0 Å². The van der Waals surface area contributed by atoms with E-state index in [2.05, 4.69) is 10.3 Å². The summed E-state index contributed by atoms with van der Waals surface area (Å²) in [4.78, 5) is 30.6. The molecule has 3 aromatic carbocycles. The third kappa shape index (κ3) is 4.74. The highest BCUT2D eigenvalue weighted by Crippen LogP contribution is 2.35. The molecule has 0 atom stereocenters. The van der Waals surface area contributed by atoms with Gasteiger partial charge in [0.25, 0.3) is 5.56 Å². The minimum absolute atomic E-state index is 0.0329. The lowest BCUT2D eigenvalue weighted by Gasteiger charge is -2.14. The first-order valence-electron chi connectivity index (χ1n) is 10.6. The van der Waals surface area contributed by atoms with Gasteiger partial charge in [0.15, 0.2) is 16.7 Å². The highest BCUT2D eigenvalue weighted by Gasteiger charge is 2.19. The summed E-state index contributed by atoms with van der Waals surface area (Å²) >= 11 is 1.17. The average Bonchev–Trinajstić information content (AvgIpc) is 3.31. The number of carbonyl (C=O) groups is 1. The fourth-order valence-electron chi connectivity index (χ4n) is 3.64. The van der Waals surface area contributed by atoms with E-state index in [1.54, 1.807) is 16.7 Å². The molecule has 4 aromatic rings. The molecule has 172 valence electrons. The molecule has 0 aliphatic carbocycles. The van der Waals surface area contributed by atoms with Crippen molar-refractivity contribution in [3.05, 3.63) is 88.5 Å². The third-order valence-corrected chi connectivity index (χ3v) is 6.32. The lowest BCUT2D eigenvalue weighted by molar-refractivity contribution is -0.113. The van der Waals surface area contributed by atoms with Gasteiger partial charge in [-0.3, -0.25) is 14.2 Å². The molecule has 0 radical (unpaired) electrons. The SMILES string of the molecule is O=C(CSc1nc2cc3c(cc2c(=O)n1CCc1ccccc1)OCO3)Nc1ccc(F)cc1. The van der Waals surface area contributed by atoms with Gasteiger partial charge in [0.2, 0.25) is 12.7 Å². The number of aryl methyl sites for hydroxylation is 1. The van der Waals surface area contributed by atoms with Gasteiger partial charge in [-0.1, -0.05) is 42.1 Å². The topological polar surface area (TPSA) is 82.5 Å². The molecule has 2 heterocycles. The first-order valence-corrected chi connectivity index (χ1v) is 11.6. The number of halogens is 1. The van der Waals surface area contributed by atoms with Gasteiger partial charge in [0.05, 0.1) is 16.7 Å². The Morgan fingerprint density at radius 3 is 2.56 bits per heavy atom. The second-order valence-electron chi connectivity index (χ2n) is 7.65. The number of hydrogen-bond acceptors (Lipinski definition) is 6. The zero-order valence-electron chi connectivity index (χ0n) is 18.0. The fraction of sp³-hybridized carbons (Fsp3) is 0.160. The maximum absolute atomic E-state index is 13.4. The van der Waals surface area contributed by atoms with Crippen LogP contribution in [0.3, 0.4) is 0 Å². The number of rotatable bonds is 7. The molecule has 9 heteroatoms. The summed E-state index contributed by atoms with van der Waals surface area (Å²) in [6.45, 7) is 0.501. The van der Waals surface area contributed by atoms with Crippen LogP contribution < -0.4 is 20.3 Å². The molecule has 0 unspecified atom stereocenters. The van der Waals surface area contributed by atoms with Gasteiger partial charge >= 0.3 is 0 Å². The van der Waals surface area contributed by atoms with Gasteiger partial charge in [0, 0.05) is 18.3 Å². The Labute approximate surface area is 198 Å². The first kappa shape index (κ1) is 22.0. The zero-order chi connectivity index (χ0) is 23.5. The Kier molecular flexibility index (Phi) is 6.18. The number of carbonyl (C=O) groups excluding carboxylic acids is 1. The van der Waals surface area contributed by atoms with Crippen LogP contribution in [-0.2, 0) is 17.8 Å². The maximum atomic E-state index is 13.4. The molecular weight excluding hydrogens is 457 g/mol. The Balaban J connectivity index is 1.43. The molecule has 1 aliphatic heterocycles. The molecule has 7 nitrogen and oxygen atoms in total. The molecule has 0 saturated carbocycles. The number of nitrogens with one attached hydrogen (secondary N) is 1. The summed E-state index contributed by atoms with van der Waals surface area (Å²) in [7, 11) is 0. The van der Waals surface area contributed by atoms with Crippen LogP contribution in [0.5, 0.6) is 11.5 Å². The highest BCUT2D eigenvalue weighted by molar-refractivity contribution is 7.99. The van der Waals surface area contributed by atoms with Crippen LogP contribution in [-0.4, -0.2) is 28.0 Å². The summed E-state index contributed by atoms with van der Waals surface area (Å²) in [6, 6.07) is 18.7. The first-order chi connectivity index (χ1) is 16.6. The van der Waals surface area contributed by atoms with Crippen LogP contribution in [0, 0.1) is 5.82 Å². The molecule has 1 amide bonds. The Bertz CT molecular complexity index is 1410. The van der Waals surface area contributed by atoms with Crippen LogP contribution in [0.1, 0.15) is 5.56 Å². The van der Waals surface area contributed by atoms with Crippen molar-refractivity contribution in [2.75, 3.05) is 17.9 Å². The number of anilines is 1. The summed E-state index contributed by atoms with van der Waals surface area (Å²) in [5, 5.41) is 3.58. The molecule has 0 bridgehead atoms. The summed E-state index contributed by atoms with van der Waals surface area (Å²) < 4.78 is 25.5. The summed E-state index contributed by atoms with van der Waals surface area (Å²) in [5.74, 6) is 0.416. The average molecular weight is 478 g/mol. The monoisotopic (exact) mass is 477 g/mol. The fourth-order valence-corrected chi connectivity index (χ4v) is 4.47. The zero-order valence-corrected chi connectivity index (χ0v) is 18.8. The van der Waals surface area contributed by atoms with Gasteiger partial charge in [-0.15, -0.1) is 0 Å². The van der Waals surface area contributed by atoms with E-state index in [1.165, 1.54) is 36.0 Å². The largest absolute Gasteiger partial charge is 0.454 e. The van der Waals surface area contributed by atoms with Crippen molar-refractivity contribution in [1.29, 1.82) is 0 Å². The molecule has 0 fully saturated rings. The number of amides is 1. The Hall–Kier alpha value is -3.85. The van der Waals surface area contributed by atoms with Gasteiger partial charge < -0.3 is 14.8 Å². The van der Waals surface area contributed by atoms with Crippen molar-refractivity contribution in [2.24, 2.45) is 0 Å². The third-order valence-electron chi connectivity index (χ3n) is 5.34. The number of benzene rings is 3. The van der Waals surface area contributed by atoms with Crippen LogP contribution in [0.15, 0.2) is 76.7 Å². The molecule has 1 aromatic heterocycles. The number of fused-ring (bicyclic) bond motifs is 2. The van der Waals surface area contributed by atoms with Crippen molar-refractivity contribution in [3.63, 3.8) is 0 Å². The van der Waals surface area contributed by atoms with E-state index in [0.29, 0.717) is 46.2 Å². The van der Waals surface area contributed by atoms with Gasteiger partial charge in [0.1, 0.15) is 5.82 Å². The van der Waals surface area contributed by atoms with Crippen molar-refractivity contribution in [1.82, 2.24) is 9.55 Å². The number of hydrogen-bond donors (Lipinski definition) is 1. The summed E-state index contributed by atoms with van der Waals surface area (Å²) in [6.07, 6.45) is 0.633. The van der Waals surface area contributed by atoms with Crippen LogP contribution in [0.2, 0.25) is 0 Å². The van der Waals surface area contributed by atoms with E-state index in [0.717, 1.165) is 5.56 Å². The number of thioether (sulfide) groups is 1. The van der Waals surface area contributed by atoms with Crippen molar-refractivity contribution < 1.29 is 18.7 Å². The number of aromatic nitrogens is 2. The molecule has 5 rings (SSSR count). The lowest BCUT2D eigenvalue weighted by atomic mass is 10.1. The van der Waals surface area contributed by atoms with Gasteiger partial charge in [-0.25, -0.2) is 9.37 Å². The number of ether oxygens (including phenoxy) is 2. The van der Waals surface area contributed by atoms with Crippen molar-refractivity contribution in [2.45, 2.75) is 18.1 Å². The van der Waals surface area contributed by atoms with Crippen LogP contribution in [0.4, 0.5) is 10.1 Å². The smallest absolute Gasteiger partial charge is 0.262 e. The standard InChI is InChI=1S/C25H20FN3O4S/c26-17-6-8-18(9-7-17)27-23(30)14-34-25-28-20-13-22-21(32-15-33-22)12-19(20)24(31)29(25)11-10-16-4-2-1-3-5-16/h1-9,12-13H,10-11,14-15H2,(H,27,30). The normalized spacial score (nSPS) is 12.1. The molecule has 0 spiro atoms. The second kappa shape index (κ2) is 9.56. The molecule has 34 heavy (non-hydrogen) atoms. The van der Waals surface area contributed by atoms with Gasteiger partial charge in [-0.05, 0) is 42.3 Å². The lowest BCUT2D eigenvalue weighted by Crippen LogP contribution is -2.25. The Morgan fingerprint density at radius 1 is 1.06 bits per heavy atom. The predicted octanol–water partition coefficient (Wildman–Crippen LogP) is 4.24. The van der Waals surface area contributed by atoms with Crippen LogP contribution >= 0.6 is 11.8 Å². The minimum Gasteiger partial charge on any atom is -0.454 e. The van der Waals surface area contributed by atoms with E-state index in [1.807, 2.05) is 30.3 Å². The number of nitrogens with zero attached hydrogens (tertiary/aromatic N) is 2. The molecular formula is C25H20FN3O4S. The molecule has 1 N–H and O–H groups in total. The van der Waals surface area contributed by atoms with E-state index in [4.69, 9.17) is 9.47 Å². The maximum Gasteiger partial charge on any atom is 0.262 e. The second-order valence-corrected chi connectivity index (χ2v) is 8.60. The molecule has 1 aliphatic rings. The van der Waals surface area contributed by atoms with Crippen molar-refractivity contribution >= 4 is 34.3 Å². The predicted molar refractivity (Wildman–Crippen MR) is 128 cm³/mol. The molecule has 0 saturated heterocycles. The van der Waals surface area contributed by atoms with E-state index in [-0.39, 0.29) is 29.8 Å². The minimum atomic E-state index is -0.379. The quantitative estimate of drug-likeness (QED) is 0.317. The highest BCUT2D eigenvalue weighted by atomic mass is 32.2. The summed E-state index contributed by atoms with van der Waals surface area (Å²) in [5.41, 5.74) is 1.85. The van der Waals surface area contributed by atoms with Crippen molar-refractivity contribution in [3.8, 4) is 11.5 Å². The van der Waals surface area contributed by atoms with E-state index < -0.39 is 0 Å². The van der Waals surface area contributed by atoms with E-state index >= 15 is 0 Å². The van der Waals surface area contributed by atoms with Crippen LogP contribution in [0.25, 0.3) is 10.9 Å². The Morgan fingerprint density at radius 2 is 1.79 bits per heavy atom. The van der Waals surface area contributed by atoms with E-state index in [9.17, 15) is 14.0 Å².